The van der Waals surface area contributed by atoms with E-state index < -0.39 is 42.1 Å². The van der Waals surface area contributed by atoms with Gasteiger partial charge >= 0.3 is 12.0 Å². The predicted molar refractivity (Wildman–Crippen MR) is 141 cm³/mol. The lowest BCUT2D eigenvalue weighted by atomic mass is 10.1. The summed E-state index contributed by atoms with van der Waals surface area (Å²) in [4.78, 5) is 63.1. The van der Waals surface area contributed by atoms with Crippen LogP contribution in [0.5, 0.6) is 5.75 Å². The van der Waals surface area contributed by atoms with Crippen LogP contribution in [0, 0.1) is 5.82 Å². The van der Waals surface area contributed by atoms with Crippen LogP contribution < -0.4 is 20.3 Å². The Balaban J connectivity index is 1.58. The Bertz CT molecular complexity index is 1520. The molecule has 39 heavy (non-hydrogen) atoms. The summed E-state index contributed by atoms with van der Waals surface area (Å²) in [7, 11) is 1.22. The molecule has 198 valence electrons. The van der Waals surface area contributed by atoms with Crippen LogP contribution in [0.25, 0.3) is 6.08 Å². The van der Waals surface area contributed by atoms with Gasteiger partial charge in [-0.25, -0.2) is 18.9 Å². The van der Waals surface area contributed by atoms with Gasteiger partial charge in [0.1, 0.15) is 17.1 Å². The molecule has 1 aliphatic rings. The van der Waals surface area contributed by atoms with Gasteiger partial charge in [0, 0.05) is 10.0 Å². The van der Waals surface area contributed by atoms with Crippen molar-refractivity contribution in [3.05, 3.63) is 93.7 Å². The number of halogens is 2. The molecule has 0 radical (unpaired) electrons. The van der Waals surface area contributed by atoms with Gasteiger partial charge in [-0.2, -0.15) is 0 Å². The number of hydrogen-bond acceptors (Lipinski definition) is 7. The first-order valence-corrected chi connectivity index (χ1v) is 12.0. The van der Waals surface area contributed by atoms with Gasteiger partial charge in [-0.3, -0.25) is 19.7 Å². The molecule has 4 rings (SSSR count). The van der Waals surface area contributed by atoms with Crippen molar-refractivity contribution >= 4 is 63.1 Å². The number of nitrogens with zero attached hydrogens (tertiary/aromatic N) is 1. The van der Waals surface area contributed by atoms with Gasteiger partial charge in [-0.05, 0) is 60.7 Å². The molecule has 0 spiro atoms. The lowest BCUT2D eigenvalue weighted by Crippen LogP contribution is -2.54. The summed E-state index contributed by atoms with van der Waals surface area (Å²) in [6.45, 7) is -0.497. The van der Waals surface area contributed by atoms with Crippen molar-refractivity contribution in [3.8, 4) is 5.75 Å². The molecule has 1 fully saturated rings. The lowest BCUT2D eigenvalue weighted by molar-refractivity contribution is -0.122. The molecule has 12 heteroatoms. The van der Waals surface area contributed by atoms with Crippen molar-refractivity contribution in [2.24, 2.45) is 0 Å². The van der Waals surface area contributed by atoms with Crippen LogP contribution in [0.1, 0.15) is 15.9 Å². The van der Waals surface area contributed by atoms with E-state index in [1.807, 2.05) is 0 Å². The minimum atomic E-state index is -0.969. The highest BCUT2D eigenvalue weighted by Crippen LogP contribution is 2.28. The molecule has 1 heterocycles. The molecule has 10 nitrogen and oxygen atoms in total. The maximum atomic E-state index is 13.8. The molecule has 0 aliphatic carbocycles. The van der Waals surface area contributed by atoms with Crippen molar-refractivity contribution in [1.82, 2.24) is 5.32 Å². The number of urea groups is 1. The van der Waals surface area contributed by atoms with Crippen molar-refractivity contribution in [2.75, 3.05) is 23.9 Å². The zero-order valence-corrected chi connectivity index (χ0v) is 21.8. The number of barbiturate groups is 1. The van der Waals surface area contributed by atoms with Gasteiger partial charge in [0.25, 0.3) is 17.7 Å². The van der Waals surface area contributed by atoms with Crippen LogP contribution in [0.2, 0.25) is 0 Å². The average Bonchev–Trinajstić information content (AvgIpc) is 2.91. The number of nitrogens with one attached hydrogen (secondary N) is 2. The van der Waals surface area contributed by atoms with E-state index in [0.717, 1.165) is 4.90 Å². The minimum absolute atomic E-state index is 0.0156. The first kappa shape index (κ1) is 27.2. The largest absolute Gasteiger partial charge is 0.483 e. The molecule has 5 amide bonds. The summed E-state index contributed by atoms with van der Waals surface area (Å²) in [5.41, 5.74) is 0.160. The van der Waals surface area contributed by atoms with Crippen LogP contribution in [0.15, 0.2) is 76.8 Å². The van der Waals surface area contributed by atoms with Crippen molar-refractivity contribution in [2.45, 2.75) is 0 Å². The third-order valence-corrected chi connectivity index (χ3v) is 5.92. The zero-order valence-electron chi connectivity index (χ0n) is 20.2. The quantitative estimate of drug-likeness (QED) is 0.239. The molecule has 2 N–H and O–H groups in total. The predicted octanol–water partition coefficient (Wildman–Crippen LogP) is 4.06. The molecule has 0 bridgehead atoms. The number of esters is 1. The summed E-state index contributed by atoms with van der Waals surface area (Å²) in [6, 6.07) is 14.8. The molecule has 0 aromatic heterocycles. The van der Waals surface area contributed by atoms with E-state index in [2.05, 4.69) is 31.3 Å². The first-order chi connectivity index (χ1) is 18.7. The third-order valence-electron chi connectivity index (χ3n) is 5.43. The molecule has 0 unspecified atom stereocenters. The second-order valence-corrected chi connectivity index (χ2v) is 8.91. The van der Waals surface area contributed by atoms with E-state index in [0.29, 0.717) is 4.47 Å². The molecular weight excluding hydrogens is 577 g/mol. The van der Waals surface area contributed by atoms with E-state index in [4.69, 9.17) is 4.74 Å². The Morgan fingerprint density at radius 1 is 1.05 bits per heavy atom. The van der Waals surface area contributed by atoms with Crippen LogP contribution >= 0.6 is 15.9 Å². The fraction of sp³-hybridized carbons (Fsp3) is 0.0741. The van der Waals surface area contributed by atoms with E-state index in [9.17, 15) is 28.4 Å². The van der Waals surface area contributed by atoms with Gasteiger partial charge in [0.15, 0.2) is 6.61 Å². The highest BCUT2D eigenvalue weighted by atomic mass is 79.9. The number of ether oxygens (including phenoxy) is 2. The van der Waals surface area contributed by atoms with E-state index >= 15 is 0 Å². The lowest BCUT2D eigenvalue weighted by Gasteiger charge is -2.26. The van der Waals surface area contributed by atoms with Crippen molar-refractivity contribution in [1.29, 1.82) is 0 Å². The number of imide groups is 2. The second-order valence-electron chi connectivity index (χ2n) is 8.00. The molecule has 0 atom stereocenters. The third kappa shape index (κ3) is 6.18. The fourth-order valence-electron chi connectivity index (χ4n) is 3.57. The van der Waals surface area contributed by atoms with Gasteiger partial charge in [0.2, 0.25) is 0 Å². The second kappa shape index (κ2) is 11.7. The van der Waals surface area contributed by atoms with Gasteiger partial charge in [-0.15, -0.1) is 0 Å². The van der Waals surface area contributed by atoms with Crippen LogP contribution in [-0.4, -0.2) is 43.4 Å². The van der Waals surface area contributed by atoms with E-state index in [-0.39, 0.29) is 33.8 Å². The molecule has 0 saturated carbocycles. The molecule has 3 aromatic rings. The number of methoxy groups -OCH3 is 1. The average molecular weight is 596 g/mol. The molecule has 1 saturated heterocycles. The summed E-state index contributed by atoms with van der Waals surface area (Å²) < 4.78 is 24.6. The van der Waals surface area contributed by atoms with E-state index in [1.165, 1.54) is 61.7 Å². The van der Waals surface area contributed by atoms with Crippen LogP contribution in [-0.2, 0) is 19.1 Å². The van der Waals surface area contributed by atoms with Crippen molar-refractivity contribution in [3.63, 3.8) is 0 Å². The number of carbonyl (C=O) groups is 5. The molecule has 1 aliphatic heterocycles. The normalized spacial score (nSPS) is 14.2. The number of benzene rings is 3. The Morgan fingerprint density at radius 2 is 1.77 bits per heavy atom. The SMILES string of the molecule is COC(=O)c1ccc(N2C(=O)NC(=O)/C(=C/c3cc(Br)ccc3OCC(=O)Nc3ccccc3F)C2=O)cc1. The zero-order chi connectivity index (χ0) is 28.1. The van der Waals surface area contributed by atoms with Gasteiger partial charge in [-0.1, -0.05) is 28.1 Å². The summed E-state index contributed by atoms with van der Waals surface area (Å²) in [5.74, 6) is -3.56. The Kier molecular flexibility index (Phi) is 8.15. The number of para-hydroxylation sites is 1. The summed E-state index contributed by atoms with van der Waals surface area (Å²) >= 11 is 3.31. The molecule has 3 aromatic carbocycles. The highest BCUT2D eigenvalue weighted by Gasteiger charge is 2.37. The highest BCUT2D eigenvalue weighted by molar-refractivity contribution is 9.10. The van der Waals surface area contributed by atoms with Crippen LogP contribution in [0.3, 0.4) is 0 Å². The van der Waals surface area contributed by atoms with Gasteiger partial charge in [0.05, 0.1) is 24.0 Å². The van der Waals surface area contributed by atoms with Crippen molar-refractivity contribution < 1.29 is 37.8 Å². The maximum Gasteiger partial charge on any atom is 0.337 e. The minimum Gasteiger partial charge on any atom is -0.483 e. The summed E-state index contributed by atoms with van der Waals surface area (Å²) in [5, 5.41) is 4.50. The van der Waals surface area contributed by atoms with E-state index in [1.54, 1.807) is 18.2 Å². The van der Waals surface area contributed by atoms with Crippen LogP contribution in [0.4, 0.5) is 20.6 Å². The molecular formula is C27H19BrFN3O7. The fourth-order valence-corrected chi connectivity index (χ4v) is 3.95. The number of carbonyl (C=O) groups excluding carboxylic acids is 5. The Hall–Kier alpha value is -4.84. The Labute approximate surface area is 229 Å². The number of hydrogen-bond donors (Lipinski definition) is 2. The standard InChI is InChI=1S/C27H19BrFN3O7/c1-38-26(36)15-6-9-18(10-7-15)32-25(35)19(24(34)31-27(32)37)13-16-12-17(28)8-11-22(16)39-14-23(33)30-21-5-3-2-4-20(21)29/h2-13H,14H2,1H3,(H,30,33)(H,31,34,37)/b19-13-. The first-order valence-electron chi connectivity index (χ1n) is 11.2. The number of amides is 5. The number of rotatable bonds is 7. The maximum absolute atomic E-state index is 13.8. The smallest absolute Gasteiger partial charge is 0.337 e. The monoisotopic (exact) mass is 595 g/mol. The number of anilines is 2. The summed E-state index contributed by atoms with van der Waals surface area (Å²) in [6.07, 6.45) is 1.22. The topological polar surface area (TPSA) is 131 Å². The Morgan fingerprint density at radius 3 is 2.46 bits per heavy atom. The van der Waals surface area contributed by atoms with Gasteiger partial charge < -0.3 is 14.8 Å².